The van der Waals surface area contributed by atoms with Crippen LogP contribution in [0.1, 0.15) is 23.1 Å². The third-order valence-corrected chi connectivity index (χ3v) is 6.59. The first-order valence-corrected chi connectivity index (χ1v) is 9.16. The molecule has 0 saturated carbocycles. The lowest BCUT2D eigenvalue weighted by Gasteiger charge is -2.27. The van der Waals surface area contributed by atoms with Crippen LogP contribution in [0.5, 0.6) is 0 Å². The molecule has 2 fully saturated rings. The molecule has 0 amide bonds. The standard InChI is InChI=1S/C13H18N2O5S2/c16-6-7-9(18)10(19)12(20-7)15-3-2-8(17)14-11(15)13-21-4-1-5-22-13/h2-3,7,9-10,12-13,16,18-19H,1,4-6H2/t7-,9-,10+,12+/m1/s1. The highest BCUT2D eigenvalue weighted by molar-refractivity contribution is 8.16. The summed E-state index contributed by atoms with van der Waals surface area (Å²) in [5.41, 5.74) is -0.343. The lowest BCUT2D eigenvalue weighted by Crippen LogP contribution is -2.34. The van der Waals surface area contributed by atoms with Crippen LogP contribution in [-0.4, -0.2) is 61.3 Å². The second kappa shape index (κ2) is 6.90. The molecule has 2 saturated heterocycles. The first kappa shape index (κ1) is 16.3. The Morgan fingerprint density at radius 3 is 2.68 bits per heavy atom. The molecule has 9 heteroatoms. The number of rotatable bonds is 3. The average molecular weight is 346 g/mol. The molecule has 0 aliphatic carbocycles. The summed E-state index contributed by atoms with van der Waals surface area (Å²) in [6.45, 7) is -0.384. The van der Waals surface area contributed by atoms with Gasteiger partial charge in [0, 0.05) is 12.3 Å². The number of nitrogens with zero attached hydrogens (tertiary/aromatic N) is 2. The Hall–Kier alpha value is -0.580. The molecule has 3 rings (SSSR count). The number of aliphatic hydroxyl groups excluding tert-OH is 3. The van der Waals surface area contributed by atoms with Crippen LogP contribution in [0.25, 0.3) is 0 Å². The van der Waals surface area contributed by atoms with E-state index in [1.165, 1.54) is 12.3 Å². The quantitative estimate of drug-likeness (QED) is 0.687. The van der Waals surface area contributed by atoms with Gasteiger partial charge >= 0.3 is 0 Å². The lowest BCUT2D eigenvalue weighted by atomic mass is 10.1. The number of aliphatic hydroxyl groups is 3. The summed E-state index contributed by atoms with van der Waals surface area (Å²) in [5, 5.41) is 29.3. The molecule has 2 aliphatic rings. The summed E-state index contributed by atoms with van der Waals surface area (Å²) in [4.78, 5) is 15.7. The number of hydrogen-bond acceptors (Lipinski definition) is 8. The van der Waals surface area contributed by atoms with Gasteiger partial charge in [0.05, 0.1) is 6.61 Å². The van der Waals surface area contributed by atoms with E-state index in [1.807, 2.05) is 0 Å². The minimum absolute atomic E-state index is 0.0104. The van der Waals surface area contributed by atoms with E-state index in [9.17, 15) is 20.1 Å². The lowest BCUT2D eigenvalue weighted by molar-refractivity contribution is -0.0545. The minimum atomic E-state index is -1.18. The van der Waals surface area contributed by atoms with Crippen molar-refractivity contribution in [1.82, 2.24) is 9.55 Å². The molecular formula is C13H18N2O5S2. The summed E-state index contributed by atoms with van der Waals surface area (Å²) in [6, 6.07) is 1.30. The van der Waals surface area contributed by atoms with Gasteiger partial charge in [-0.1, -0.05) is 0 Å². The van der Waals surface area contributed by atoms with E-state index in [4.69, 9.17) is 4.74 Å². The Kier molecular flexibility index (Phi) is 5.10. The van der Waals surface area contributed by atoms with E-state index in [0.29, 0.717) is 5.82 Å². The van der Waals surface area contributed by atoms with Crippen LogP contribution in [0.2, 0.25) is 0 Å². The molecule has 0 spiro atoms. The van der Waals surface area contributed by atoms with E-state index in [1.54, 1.807) is 28.1 Å². The van der Waals surface area contributed by atoms with Crippen molar-refractivity contribution in [3.8, 4) is 0 Å². The molecule has 1 aromatic heterocycles. The van der Waals surface area contributed by atoms with Crippen molar-refractivity contribution < 1.29 is 20.1 Å². The molecule has 0 bridgehead atoms. The van der Waals surface area contributed by atoms with Crippen molar-refractivity contribution in [2.24, 2.45) is 0 Å². The zero-order valence-corrected chi connectivity index (χ0v) is 13.4. The molecule has 0 radical (unpaired) electrons. The number of ether oxygens (including phenoxy) is 1. The molecule has 7 nitrogen and oxygen atoms in total. The molecule has 0 aromatic carbocycles. The SMILES string of the molecule is O=c1ccn([C@H]2O[C@H](CO)[C@@H](O)[C@@H]2O)c(C2SCCCS2)n1. The number of aromatic nitrogens is 2. The zero-order valence-electron chi connectivity index (χ0n) is 11.7. The second-order valence-corrected chi connectivity index (χ2v) is 7.91. The summed E-state index contributed by atoms with van der Waals surface area (Å²) < 4.78 is 7.13. The van der Waals surface area contributed by atoms with Gasteiger partial charge in [0.25, 0.3) is 5.56 Å². The predicted molar refractivity (Wildman–Crippen MR) is 83.8 cm³/mol. The minimum Gasteiger partial charge on any atom is -0.394 e. The highest BCUT2D eigenvalue weighted by atomic mass is 32.2. The maximum atomic E-state index is 11.6. The topological polar surface area (TPSA) is 105 Å². The molecule has 3 N–H and O–H groups in total. The Morgan fingerprint density at radius 2 is 2.05 bits per heavy atom. The van der Waals surface area contributed by atoms with E-state index >= 15 is 0 Å². The van der Waals surface area contributed by atoms with Crippen molar-refractivity contribution in [1.29, 1.82) is 0 Å². The van der Waals surface area contributed by atoms with Crippen molar-refractivity contribution >= 4 is 23.5 Å². The highest BCUT2D eigenvalue weighted by Crippen LogP contribution is 2.44. The summed E-state index contributed by atoms with van der Waals surface area (Å²) in [6.07, 6.45) is -1.43. The van der Waals surface area contributed by atoms with Gasteiger partial charge in [-0.15, -0.1) is 23.5 Å². The van der Waals surface area contributed by atoms with E-state index in [0.717, 1.165) is 17.9 Å². The third kappa shape index (κ3) is 3.06. The van der Waals surface area contributed by atoms with Crippen LogP contribution in [0, 0.1) is 0 Å². The van der Waals surface area contributed by atoms with E-state index in [2.05, 4.69) is 4.98 Å². The molecule has 122 valence electrons. The first-order valence-electron chi connectivity index (χ1n) is 7.06. The molecule has 0 unspecified atom stereocenters. The van der Waals surface area contributed by atoms with Crippen LogP contribution in [0.4, 0.5) is 0 Å². The molecule has 3 heterocycles. The van der Waals surface area contributed by atoms with Gasteiger partial charge in [-0.3, -0.25) is 4.79 Å². The largest absolute Gasteiger partial charge is 0.394 e. The Labute approximate surface area is 135 Å². The Bertz CT molecular complexity index is 578. The van der Waals surface area contributed by atoms with E-state index < -0.39 is 24.5 Å². The normalized spacial score (nSPS) is 33.2. The predicted octanol–water partition coefficient (Wildman–Crippen LogP) is -0.277. The molecule has 22 heavy (non-hydrogen) atoms. The fraction of sp³-hybridized carbons (Fsp3) is 0.692. The van der Waals surface area contributed by atoms with Crippen molar-refractivity contribution in [3.63, 3.8) is 0 Å². The second-order valence-electron chi connectivity index (χ2n) is 5.19. The van der Waals surface area contributed by atoms with Crippen LogP contribution < -0.4 is 5.56 Å². The summed E-state index contributed by atoms with van der Waals surface area (Å²) in [7, 11) is 0. The number of thioether (sulfide) groups is 2. The van der Waals surface area contributed by atoms with Gasteiger partial charge in [0.2, 0.25) is 0 Å². The van der Waals surface area contributed by atoms with Gasteiger partial charge < -0.3 is 24.6 Å². The van der Waals surface area contributed by atoms with Gasteiger partial charge in [-0.2, -0.15) is 4.98 Å². The van der Waals surface area contributed by atoms with Crippen LogP contribution >= 0.6 is 23.5 Å². The molecule has 4 atom stereocenters. The fourth-order valence-corrected chi connectivity index (χ4v) is 5.41. The van der Waals surface area contributed by atoms with E-state index in [-0.39, 0.29) is 16.7 Å². The maximum Gasteiger partial charge on any atom is 0.272 e. The molecule has 2 aliphatic heterocycles. The number of hydrogen-bond donors (Lipinski definition) is 3. The molecule has 1 aromatic rings. The third-order valence-electron chi connectivity index (χ3n) is 3.70. The highest BCUT2D eigenvalue weighted by Gasteiger charge is 2.44. The smallest absolute Gasteiger partial charge is 0.272 e. The Balaban J connectivity index is 1.94. The van der Waals surface area contributed by atoms with Crippen molar-refractivity contribution in [2.45, 2.75) is 35.5 Å². The summed E-state index contributed by atoms with van der Waals surface area (Å²) >= 11 is 3.40. The van der Waals surface area contributed by atoms with Gasteiger partial charge in [0.1, 0.15) is 28.7 Å². The zero-order chi connectivity index (χ0) is 15.7. The monoisotopic (exact) mass is 346 g/mol. The Morgan fingerprint density at radius 1 is 1.32 bits per heavy atom. The average Bonchev–Trinajstić information content (AvgIpc) is 2.83. The molecular weight excluding hydrogens is 328 g/mol. The van der Waals surface area contributed by atoms with Gasteiger partial charge in [0.15, 0.2) is 6.23 Å². The maximum absolute atomic E-state index is 11.6. The van der Waals surface area contributed by atoms with Gasteiger partial charge in [-0.25, -0.2) is 0 Å². The van der Waals surface area contributed by atoms with Crippen LogP contribution in [0.3, 0.4) is 0 Å². The van der Waals surface area contributed by atoms with Crippen molar-refractivity contribution in [3.05, 3.63) is 28.4 Å². The van der Waals surface area contributed by atoms with Gasteiger partial charge in [-0.05, 0) is 17.9 Å². The first-order chi connectivity index (χ1) is 10.6. The fourth-order valence-electron chi connectivity index (χ4n) is 2.56. The van der Waals surface area contributed by atoms with Crippen LogP contribution in [0.15, 0.2) is 17.1 Å². The van der Waals surface area contributed by atoms with Crippen LogP contribution in [-0.2, 0) is 4.74 Å². The van der Waals surface area contributed by atoms with Crippen molar-refractivity contribution in [2.75, 3.05) is 18.1 Å². The summed E-state index contributed by atoms with van der Waals surface area (Å²) in [5.74, 6) is 2.49.